The molecule has 0 saturated carbocycles. The summed E-state index contributed by atoms with van der Waals surface area (Å²) in [6.45, 7) is 3.50. The number of hydrogen-bond donors (Lipinski definition) is 1. The zero-order valence-corrected chi connectivity index (χ0v) is 12.7. The lowest BCUT2D eigenvalue weighted by atomic mass is 10.0. The second kappa shape index (κ2) is 7.56. The van der Waals surface area contributed by atoms with Crippen molar-refractivity contribution in [3.8, 4) is 5.75 Å². The van der Waals surface area contributed by atoms with Gasteiger partial charge in [0.15, 0.2) is 6.61 Å². The Balaban J connectivity index is 1.47. The van der Waals surface area contributed by atoms with Crippen molar-refractivity contribution in [1.29, 1.82) is 0 Å². The highest BCUT2D eigenvalue weighted by Crippen LogP contribution is 2.19. The van der Waals surface area contributed by atoms with Crippen LogP contribution in [0.2, 0.25) is 0 Å². The number of aromatic nitrogens is 1. The largest absolute Gasteiger partial charge is 0.482 e. The van der Waals surface area contributed by atoms with Crippen LogP contribution in [0.25, 0.3) is 0 Å². The number of pyridine rings is 1. The molecule has 2 atom stereocenters. The molecule has 1 aromatic rings. The molecule has 120 valence electrons. The lowest BCUT2D eigenvalue weighted by Crippen LogP contribution is -2.53. The molecule has 1 N–H and O–H groups in total. The number of likely N-dealkylation sites (tertiary alicyclic amines) is 1. The molecule has 2 saturated heterocycles. The molecule has 2 aliphatic heterocycles. The highest BCUT2D eigenvalue weighted by molar-refractivity contribution is 5.78. The van der Waals surface area contributed by atoms with Gasteiger partial charge in [0, 0.05) is 6.20 Å². The van der Waals surface area contributed by atoms with Gasteiger partial charge in [-0.25, -0.2) is 0 Å². The molecule has 0 unspecified atom stereocenters. The second-order valence-corrected chi connectivity index (χ2v) is 5.85. The van der Waals surface area contributed by atoms with Gasteiger partial charge in [-0.3, -0.25) is 14.7 Å². The lowest BCUT2D eigenvalue weighted by Gasteiger charge is -2.34. The van der Waals surface area contributed by atoms with Crippen molar-refractivity contribution in [2.45, 2.75) is 31.3 Å². The highest BCUT2D eigenvalue weighted by atomic mass is 16.5. The van der Waals surface area contributed by atoms with Gasteiger partial charge in [0.25, 0.3) is 5.91 Å². The summed E-state index contributed by atoms with van der Waals surface area (Å²) in [4.78, 5) is 18.5. The third kappa shape index (κ3) is 3.96. The monoisotopic (exact) mass is 305 g/mol. The molecule has 3 heterocycles. The van der Waals surface area contributed by atoms with Crippen molar-refractivity contribution in [2.75, 3.05) is 32.9 Å². The fraction of sp³-hybridized carbons (Fsp3) is 0.625. The standard InChI is InChI=1S/C16H23N3O3/c20-16(12-22-13-5-4-6-17-9-13)18-14-10-21-11-15(14)19-7-2-1-3-8-19/h4-6,9,14-15H,1-3,7-8,10-12H2,(H,18,20)/t14-,15-/m0/s1. The molecular formula is C16H23N3O3. The van der Waals surface area contributed by atoms with E-state index in [4.69, 9.17) is 9.47 Å². The van der Waals surface area contributed by atoms with Crippen LogP contribution in [0.4, 0.5) is 0 Å². The number of nitrogens with zero attached hydrogens (tertiary/aromatic N) is 2. The van der Waals surface area contributed by atoms with Gasteiger partial charge in [0.1, 0.15) is 5.75 Å². The van der Waals surface area contributed by atoms with E-state index in [1.165, 1.54) is 19.3 Å². The molecular weight excluding hydrogens is 282 g/mol. The third-order valence-electron chi connectivity index (χ3n) is 4.26. The maximum absolute atomic E-state index is 12.1. The smallest absolute Gasteiger partial charge is 0.258 e. The summed E-state index contributed by atoms with van der Waals surface area (Å²) in [5.74, 6) is 0.495. The predicted molar refractivity (Wildman–Crippen MR) is 81.7 cm³/mol. The Kier molecular flexibility index (Phi) is 5.24. The normalized spacial score (nSPS) is 25.8. The maximum atomic E-state index is 12.1. The molecule has 1 aromatic heterocycles. The van der Waals surface area contributed by atoms with Crippen LogP contribution >= 0.6 is 0 Å². The van der Waals surface area contributed by atoms with E-state index in [0.29, 0.717) is 25.0 Å². The second-order valence-electron chi connectivity index (χ2n) is 5.85. The van der Waals surface area contributed by atoms with E-state index in [1.807, 2.05) is 0 Å². The molecule has 2 aliphatic rings. The third-order valence-corrected chi connectivity index (χ3v) is 4.26. The van der Waals surface area contributed by atoms with Crippen molar-refractivity contribution in [1.82, 2.24) is 15.2 Å². The van der Waals surface area contributed by atoms with Gasteiger partial charge in [-0.05, 0) is 38.1 Å². The van der Waals surface area contributed by atoms with Crippen LogP contribution in [0.5, 0.6) is 5.75 Å². The Hall–Kier alpha value is -1.66. The minimum absolute atomic E-state index is 0.00884. The predicted octanol–water partition coefficient (Wildman–Crippen LogP) is 0.830. The van der Waals surface area contributed by atoms with Crippen LogP contribution in [-0.4, -0.2) is 60.8 Å². The van der Waals surface area contributed by atoms with Crippen LogP contribution in [0.1, 0.15) is 19.3 Å². The van der Waals surface area contributed by atoms with Crippen molar-refractivity contribution in [2.24, 2.45) is 0 Å². The number of carbonyl (C=O) groups is 1. The minimum atomic E-state index is -0.110. The summed E-state index contributed by atoms with van der Waals surface area (Å²) >= 11 is 0. The molecule has 0 aliphatic carbocycles. The Morgan fingerprint density at radius 2 is 2.23 bits per heavy atom. The Morgan fingerprint density at radius 1 is 1.36 bits per heavy atom. The van der Waals surface area contributed by atoms with E-state index >= 15 is 0 Å². The van der Waals surface area contributed by atoms with Gasteiger partial charge < -0.3 is 14.8 Å². The maximum Gasteiger partial charge on any atom is 0.258 e. The number of rotatable bonds is 5. The fourth-order valence-corrected chi connectivity index (χ4v) is 3.12. The molecule has 3 rings (SSSR count). The van der Waals surface area contributed by atoms with Gasteiger partial charge in [-0.1, -0.05) is 6.42 Å². The van der Waals surface area contributed by atoms with Crippen molar-refractivity contribution >= 4 is 5.91 Å². The first kappa shape index (κ1) is 15.2. The van der Waals surface area contributed by atoms with E-state index in [0.717, 1.165) is 13.1 Å². The molecule has 6 nitrogen and oxygen atoms in total. The molecule has 6 heteroatoms. The molecule has 0 bridgehead atoms. The number of ether oxygens (including phenoxy) is 2. The average molecular weight is 305 g/mol. The topological polar surface area (TPSA) is 63.7 Å². The van der Waals surface area contributed by atoms with E-state index in [1.54, 1.807) is 24.5 Å². The summed E-state index contributed by atoms with van der Waals surface area (Å²) in [7, 11) is 0. The van der Waals surface area contributed by atoms with Crippen LogP contribution < -0.4 is 10.1 Å². The van der Waals surface area contributed by atoms with Crippen LogP contribution in [0.3, 0.4) is 0 Å². The van der Waals surface area contributed by atoms with E-state index in [-0.39, 0.29) is 18.6 Å². The molecule has 1 amide bonds. The first-order chi connectivity index (χ1) is 10.8. The molecule has 22 heavy (non-hydrogen) atoms. The number of piperidine rings is 1. The van der Waals surface area contributed by atoms with E-state index in [2.05, 4.69) is 15.2 Å². The quantitative estimate of drug-likeness (QED) is 0.873. The number of amides is 1. The summed E-state index contributed by atoms with van der Waals surface area (Å²) in [6.07, 6.45) is 7.05. The summed E-state index contributed by atoms with van der Waals surface area (Å²) < 4.78 is 11.0. The minimum Gasteiger partial charge on any atom is -0.482 e. The Bertz CT molecular complexity index is 477. The van der Waals surface area contributed by atoms with Gasteiger partial charge in [-0.15, -0.1) is 0 Å². The van der Waals surface area contributed by atoms with E-state index < -0.39 is 0 Å². The molecule has 2 fully saturated rings. The summed E-state index contributed by atoms with van der Waals surface area (Å²) in [5, 5.41) is 3.05. The molecule has 0 radical (unpaired) electrons. The molecule has 0 spiro atoms. The van der Waals surface area contributed by atoms with Crippen LogP contribution in [0.15, 0.2) is 24.5 Å². The summed E-state index contributed by atoms with van der Waals surface area (Å²) in [6, 6.07) is 3.92. The number of hydrogen-bond acceptors (Lipinski definition) is 5. The molecule has 0 aromatic carbocycles. The number of carbonyl (C=O) groups excluding carboxylic acids is 1. The van der Waals surface area contributed by atoms with Crippen molar-refractivity contribution in [3.05, 3.63) is 24.5 Å². The van der Waals surface area contributed by atoms with Crippen LogP contribution in [-0.2, 0) is 9.53 Å². The SMILES string of the molecule is O=C(COc1cccnc1)N[C@H]1COC[C@@H]1N1CCCCC1. The zero-order valence-electron chi connectivity index (χ0n) is 12.7. The van der Waals surface area contributed by atoms with Crippen molar-refractivity contribution < 1.29 is 14.3 Å². The Labute approximate surface area is 130 Å². The van der Waals surface area contributed by atoms with Crippen LogP contribution in [0, 0.1) is 0 Å². The fourth-order valence-electron chi connectivity index (χ4n) is 3.12. The zero-order chi connectivity index (χ0) is 15.2. The van der Waals surface area contributed by atoms with Gasteiger partial charge in [-0.2, -0.15) is 0 Å². The average Bonchev–Trinajstić information content (AvgIpc) is 3.03. The first-order valence-corrected chi connectivity index (χ1v) is 7.97. The summed E-state index contributed by atoms with van der Waals surface area (Å²) in [5.41, 5.74) is 0. The van der Waals surface area contributed by atoms with Gasteiger partial charge >= 0.3 is 0 Å². The van der Waals surface area contributed by atoms with Crippen molar-refractivity contribution in [3.63, 3.8) is 0 Å². The first-order valence-electron chi connectivity index (χ1n) is 7.97. The van der Waals surface area contributed by atoms with Gasteiger partial charge in [0.2, 0.25) is 0 Å². The Morgan fingerprint density at radius 3 is 3.00 bits per heavy atom. The highest BCUT2D eigenvalue weighted by Gasteiger charge is 2.34. The van der Waals surface area contributed by atoms with E-state index in [9.17, 15) is 4.79 Å². The van der Waals surface area contributed by atoms with Gasteiger partial charge in [0.05, 0.1) is 31.5 Å². The lowest BCUT2D eigenvalue weighted by molar-refractivity contribution is -0.124. The number of nitrogens with one attached hydrogen (secondary N) is 1.